The minimum Gasteiger partial charge on any atom is -0.458 e. The van der Waals surface area contributed by atoms with Crippen molar-refractivity contribution in [3.8, 4) is 0 Å². The molecule has 6 fully saturated rings. The zero-order valence-electron chi connectivity index (χ0n) is 25.4. The molecule has 5 aliphatic carbocycles. The molecule has 5 saturated carbocycles. The lowest BCUT2D eigenvalue weighted by Gasteiger charge is -2.69. The maximum absolute atomic E-state index is 14.9. The van der Waals surface area contributed by atoms with Crippen molar-refractivity contribution in [1.82, 2.24) is 4.90 Å². The maximum Gasteiger partial charge on any atom is 0.344 e. The number of likely N-dealkylation sites (tertiary alicyclic amines) is 1. The van der Waals surface area contributed by atoms with E-state index in [1.165, 1.54) is 21.3 Å². The van der Waals surface area contributed by atoms with E-state index >= 15 is 0 Å². The van der Waals surface area contributed by atoms with E-state index in [9.17, 15) is 42.1 Å². The van der Waals surface area contributed by atoms with Gasteiger partial charge >= 0.3 is 5.97 Å². The normalized spacial score (nSPS) is 47.7. The lowest BCUT2D eigenvalue weighted by atomic mass is 9.42. The first kappa shape index (κ1) is 31.6. The fourth-order valence-corrected chi connectivity index (χ4v) is 11.8. The zero-order chi connectivity index (χ0) is 32.6. The van der Waals surface area contributed by atoms with Crippen LogP contribution in [0.15, 0.2) is 0 Å². The minimum absolute atomic E-state index is 0.00585. The number of benzene rings is 1. The summed E-state index contributed by atoms with van der Waals surface area (Å²) in [6.07, 6.45) is -3.26. The largest absolute Gasteiger partial charge is 0.458 e. The van der Waals surface area contributed by atoms with Gasteiger partial charge in [-0.1, -0.05) is 6.92 Å². The molecule has 7 bridgehead atoms. The second kappa shape index (κ2) is 10.0. The van der Waals surface area contributed by atoms with Gasteiger partial charge in [0.1, 0.15) is 22.9 Å². The Morgan fingerprint density at radius 2 is 1.64 bits per heavy atom. The molecular weight excluding hydrogens is 609 g/mol. The van der Waals surface area contributed by atoms with Gasteiger partial charge in [0.2, 0.25) is 5.82 Å². The van der Waals surface area contributed by atoms with E-state index in [1.807, 2.05) is 11.8 Å². The smallest absolute Gasteiger partial charge is 0.344 e. The second-order valence-electron chi connectivity index (χ2n) is 14.0. The minimum atomic E-state index is -2.40. The number of carbonyl (C=O) groups excluding carboxylic acids is 1. The molecule has 45 heavy (non-hydrogen) atoms. The summed E-state index contributed by atoms with van der Waals surface area (Å²) >= 11 is 0. The number of halogens is 5. The SMILES string of the molecule is CCN1C[C@]2(COC)CC[C@H](OC(=O)c3c(F)c(F)c(F)c(F)c3F)[C@]34[C@@H]5CC6[C@@H](OC)C[C@@](O)([C@H]5[C@H]6O)C(O)([C@@H]13)[C@@H](OC)[C@H]24. The molecule has 0 amide bonds. The number of nitrogens with zero attached hydrogens (tertiary/aromatic N) is 1. The number of likely N-dealkylation sites (N-methyl/N-ethyl adjacent to an activating group) is 1. The summed E-state index contributed by atoms with van der Waals surface area (Å²) < 4.78 is 95.4. The van der Waals surface area contributed by atoms with Crippen LogP contribution >= 0.6 is 0 Å². The number of aliphatic hydroxyl groups excluding tert-OH is 1. The van der Waals surface area contributed by atoms with E-state index in [0.29, 0.717) is 25.9 Å². The highest BCUT2D eigenvalue weighted by molar-refractivity contribution is 5.90. The molecule has 14 heteroatoms. The Balaban J connectivity index is 1.46. The summed E-state index contributed by atoms with van der Waals surface area (Å²) in [5.41, 5.74) is -7.66. The van der Waals surface area contributed by atoms with Crippen molar-refractivity contribution in [2.45, 2.75) is 74.3 Å². The van der Waals surface area contributed by atoms with E-state index in [-0.39, 0.29) is 19.4 Å². The fraction of sp³-hybridized carbons (Fsp3) is 0.774. The Labute approximate surface area is 256 Å². The molecule has 1 aromatic carbocycles. The molecule has 1 saturated heterocycles. The summed E-state index contributed by atoms with van der Waals surface area (Å²) in [4.78, 5) is 15.6. The van der Waals surface area contributed by atoms with Gasteiger partial charge in [0.05, 0.1) is 31.0 Å². The maximum atomic E-state index is 14.9. The lowest BCUT2D eigenvalue weighted by Crippen LogP contribution is -2.82. The molecule has 6 aliphatic rings. The molecule has 13 atom stereocenters. The first-order chi connectivity index (χ1) is 21.3. The van der Waals surface area contributed by atoms with E-state index in [2.05, 4.69) is 0 Å². The van der Waals surface area contributed by atoms with Gasteiger partial charge in [0, 0.05) is 62.9 Å². The fourth-order valence-electron chi connectivity index (χ4n) is 11.8. The van der Waals surface area contributed by atoms with Gasteiger partial charge in [-0.15, -0.1) is 0 Å². The van der Waals surface area contributed by atoms with E-state index in [4.69, 9.17) is 18.9 Å². The standard InChI is InChI=1S/C31H38F5NO8/c1-5-37-10-28(11-42-2)7-6-15(45-26(39)16-18(32)20(34)22(36)21(35)19(16)33)30-13-8-12-14(43-3)9-29(40,17(13)23(12)38)31(41,27(30)37)25(44-4)24(28)30/h12-15,17,23-25,27,38,40-41H,5-11H2,1-4H3/t12?,13-,14+,15+,17-,23+,24-,25+,27+,28+,29-,30+,31?/m1/s1. The number of methoxy groups -OCH3 is 3. The van der Waals surface area contributed by atoms with Crippen molar-refractivity contribution < 1.29 is 61.0 Å². The summed E-state index contributed by atoms with van der Waals surface area (Å²) in [6.45, 7) is 2.90. The first-order valence-corrected chi connectivity index (χ1v) is 15.4. The molecule has 7 rings (SSSR count). The van der Waals surface area contributed by atoms with Gasteiger partial charge < -0.3 is 34.3 Å². The zero-order valence-corrected chi connectivity index (χ0v) is 25.4. The van der Waals surface area contributed by atoms with Crippen LogP contribution < -0.4 is 0 Å². The topological polar surface area (TPSA) is 118 Å². The quantitative estimate of drug-likeness (QED) is 0.177. The van der Waals surface area contributed by atoms with E-state index < -0.39 is 117 Å². The Morgan fingerprint density at radius 1 is 1.00 bits per heavy atom. The van der Waals surface area contributed by atoms with Gasteiger partial charge in [0.25, 0.3) is 0 Å². The number of ether oxygens (including phenoxy) is 4. The average molecular weight is 648 g/mol. The number of rotatable bonds is 7. The lowest BCUT2D eigenvalue weighted by molar-refractivity contribution is -0.317. The molecular formula is C31H38F5NO8. The monoisotopic (exact) mass is 647 g/mol. The van der Waals surface area contributed by atoms with Crippen LogP contribution in [0.2, 0.25) is 0 Å². The van der Waals surface area contributed by atoms with Crippen molar-refractivity contribution in [3.63, 3.8) is 0 Å². The summed E-state index contributed by atoms with van der Waals surface area (Å²) in [5.74, 6) is -15.9. The molecule has 3 N–H and O–H groups in total. The van der Waals surface area contributed by atoms with Gasteiger partial charge in [0.15, 0.2) is 23.3 Å². The predicted molar refractivity (Wildman–Crippen MR) is 143 cm³/mol. The van der Waals surface area contributed by atoms with Crippen molar-refractivity contribution in [2.75, 3.05) is 41.0 Å². The van der Waals surface area contributed by atoms with Crippen LogP contribution in [0.3, 0.4) is 0 Å². The third kappa shape index (κ3) is 3.39. The van der Waals surface area contributed by atoms with Gasteiger partial charge in [-0.3, -0.25) is 4.90 Å². The Kier molecular flexibility index (Phi) is 7.06. The molecule has 1 aliphatic heterocycles. The highest BCUT2D eigenvalue weighted by Gasteiger charge is 2.91. The third-order valence-electron chi connectivity index (χ3n) is 12.9. The van der Waals surface area contributed by atoms with Gasteiger partial charge in [-0.25, -0.2) is 26.7 Å². The molecule has 1 aromatic rings. The number of esters is 1. The number of carbonyl (C=O) groups is 1. The van der Waals surface area contributed by atoms with E-state index in [1.54, 1.807) is 0 Å². The van der Waals surface area contributed by atoms with Gasteiger partial charge in [-0.2, -0.15) is 0 Å². The second-order valence-corrected chi connectivity index (χ2v) is 14.0. The summed E-state index contributed by atoms with van der Waals surface area (Å²) in [7, 11) is 4.41. The number of aliphatic hydroxyl groups is 3. The number of hydrogen-bond donors (Lipinski definition) is 3. The van der Waals surface area contributed by atoms with Crippen molar-refractivity contribution >= 4 is 5.97 Å². The summed E-state index contributed by atoms with van der Waals surface area (Å²) in [6, 6.07) is -0.933. The van der Waals surface area contributed by atoms with Crippen LogP contribution in [0, 0.1) is 63.6 Å². The Hall–Kier alpha value is -1.94. The number of hydrogen-bond acceptors (Lipinski definition) is 9. The Morgan fingerprint density at radius 3 is 2.22 bits per heavy atom. The number of piperidine rings is 1. The molecule has 250 valence electrons. The number of fused-ring (bicyclic) bond motifs is 2. The van der Waals surface area contributed by atoms with Crippen LogP contribution in [0.25, 0.3) is 0 Å². The van der Waals surface area contributed by atoms with Crippen LogP contribution in [0.5, 0.6) is 0 Å². The highest BCUT2D eigenvalue weighted by Crippen LogP contribution is 2.80. The van der Waals surface area contributed by atoms with Crippen LogP contribution in [-0.4, -0.2) is 109 Å². The average Bonchev–Trinajstić information content (AvgIpc) is 3.38. The van der Waals surface area contributed by atoms with Crippen LogP contribution in [0.4, 0.5) is 22.0 Å². The first-order valence-electron chi connectivity index (χ1n) is 15.4. The molecule has 1 heterocycles. The van der Waals surface area contributed by atoms with Crippen LogP contribution in [0.1, 0.15) is 43.0 Å². The van der Waals surface area contributed by atoms with Crippen molar-refractivity contribution in [1.29, 1.82) is 0 Å². The molecule has 0 aromatic heterocycles. The van der Waals surface area contributed by atoms with Gasteiger partial charge in [-0.05, 0) is 31.7 Å². The Bertz CT molecular complexity index is 1410. The van der Waals surface area contributed by atoms with Crippen molar-refractivity contribution in [2.24, 2.45) is 34.5 Å². The van der Waals surface area contributed by atoms with Crippen LogP contribution in [-0.2, 0) is 18.9 Å². The predicted octanol–water partition coefficient (Wildman–Crippen LogP) is 2.18. The summed E-state index contributed by atoms with van der Waals surface area (Å²) in [5, 5.41) is 37.6. The molecule has 0 radical (unpaired) electrons. The molecule has 9 nitrogen and oxygen atoms in total. The highest BCUT2D eigenvalue weighted by atomic mass is 19.2. The molecule has 2 unspecified atom stereocenters. The van der Waals surface area contributed by atoms with E-state index in [0.717, 1.165) is 0 Å². The van der Waals surface area contributed by atoms with Crippen molar-refractivity contribution in [3.05, 3.63) is 34.6 Å². The molecule has 1 spiro atoms. The third-order valence-corrected chi connectivity index (χ3v) is 12.9.